The molecule has 0 radical (unpaired) electrons. The second kappa shape index (κ2) is 6.06. The van der Waals surface area contributed by atoms with E-state index in [-0.39, 0.29) is 6.61 Å². The van der Waals surface area contributed by atoms with E-state index in [4.69, 9.17) is 15.8 Å². The van der Waals surface area contributed by atoms with E-state index < -0.39 is 0 Å². The van der Waals surface area contributed by atoms with E-state index >= 15 is 0 Å². The molecule has 0 bridgehead atoms. The summed E-state index contributed by atoms with van der Waals surface area (Å²) in [5.74, 6) is 1.51. The molecule has 0 unspecified atom stereocenters. The molecule has 19 heavy (non-hydrogen) atoms. The number of hydrogen-bond donors (Lipinski definition) is 2. The number of nitrogens with two attached hydrogens (primary N) is 1. The third kappa shape index (κ3) is 3.07. The molecule has 1 heterocycles. The van der Waals surface area contributed by atoms with Crippen LogP contribution >= 0.6 is 0 Å². The van der Waals surface area contributed by atoms with E-state index in [1.54, 1.807) is 0 Å². The molecule has 0 fully saturated rings. The van der Waals surface area contributed by atoms with Crippen LogP contribution in [0.2, 0.25) is 0 Å². The first-order chi connectivity index (χ1) is 9.13. The molecular formula is C15H23N3O. The van der Waals surface area contributed by atoms with Crippen molar-refractivity contribution in [2.24, 2.45) is 0 Å². The SMILES string of the molecule is CC(C)c1nc2cc(N)ccc2n1CCCCCO. The summed E-state index contributed by atoms with van der Waals surface area (Å²) < 4.78 is 2.29. The predicted molar refractivity (Wildman–Crippen MR) is 79.2 cm³/mol. The van der Waals surface area contributed by atoms with E-state index in [9.17, 15) is 0 Å². The molecule has 0 atom stereocenters. The zero-order valence-corrected chi connectivity index (χ0v) is 11.8. The van der Waals surface area contributed by atoms with Gasteiger partial charge in [-0.2, -0.15) is 0 Å². The quantitative estimate of drug-likeness (QED) is 0.620. The number of rotatable bonds is 6. The predicted octanol–water partition coefficient (Wildman–Crippen LogP) is 2.90. The van der Waals surface area contributed by atoms with Crippen molar-refractivity contribution in [2.75, 3.05) is 12.3 Å². The number of imidazole rings is 1. The Morgan fingerprint density at radius 2 is 2.05 bits per heavy atom. The fourth-order valence-corrected chi connectivity index (χ4v) is 2.40. The lowest BCUT2D eigenvalue weighted by Crippen LogP contribution is -2.06. The molecule has 0 aliphatic carbocycles. The number of nitrogens with zero attached hydrogens (tertiary/aromatic N) is 2. The summed E-state index contributed by atoms with van der Waals surface area (Å²) in [5.41, 5.74) is 8.71. The zero-order valence-electron chi connectivity index (χ0n) is 11.8. The number of aryl methyl sites for hydroxylation is 1. The number of anilines is 1. The Hall–Kier alpha value is -1.55. The summed E-state index contributed by atoms with van der Waals surface area (Å²) >= 11 is 0. The number of fused-ring (bicyclic) bond motifs is 1. The van der Waals surface area contributed by atoms with E-state index in [1.807, 2.05) is 12.1 Å². The Morgan fingerprint density at radius 3 is 2.74 bits per heavy atom. The van der Waals surface area contributed by atoms with Crippen molar-refractivity contribution in [1.82, 2.24) is 9.55 Å². The number of benzene rings is 1. The zero-order chi connectivity index (χ0) is 13.8. The number of aliphatic hydroxyl groups excluding tert-OH is 1. The van der Waals surface area contributed by atoms with Gasteiger partial charge in [-0.25, -0.2) is 4.98 Å². The molecule has 2 rings (SSSR count). The van der Waals surface area contributed by atoms with Gasteiger partial charge < -0.3 is 15.4 Å². The van der Waals surface area contributed by atoms with Gasteiger partial charge in [-0.15, -0.1) is 0 Å². The van der Waals surface area contributed by atoms with Gasteiger partial charge >= 0.3 is 0 Å². The van der Waals surface area contributed by atoms with Gasteiger partial charge in [-0.3, -0.25) is 0 Å². The van der Waals surface area contributed by atoms with E-state index in [1.165, 1.54) is 0 Å². The minimum Gasteiger partial charge on any atom is -0.399 e. The van der Waals surface area contributed by atoms with E-state index in [0.29, 0.717) is 5.92 Å². The number of nitrogen functional groups attached to an aromatic ring is 1. The summed E-state index contributed by atoms with van der Waals surface area (Å²) in [5, 5.41) is 8.84. The maximum absolute atomic E-state index is 8.84. The van der Waals surface area contributed by atoms with Crippen LogP contribution in [0.1, 0.15) is 44.9 Å². The molecule has 0 saturated carbocycles. The van der Waals surface area contributed by atoms with Gasteiger partial charge in [0.05, 0.1) is 11.0 Å². The van der Waals surface area contributed by atoms with Crippen molar-refractivity contribution in [1.29, 1.82) is 0 Å². The van der Waals surface area contributed by atoms with Crippen molar-refractivity contribution >= 4 is 16.7 Å². The molecule has 104 valence electrons. The second-order valence-electron chi connectivity index (χ2n) is 5.31. The van der Waals surface area contributed by atoms with Crippen LogP contribution in [0.3, 0.4) is 0 Å². The van der Waals surface area contributed by atoms with Crippen LogP contribution in [0.5, 0.6) is 0 Å². The largest absolute Gasteiger partial charge is 0.399 e. The standard InChI is InChI=1S/C15H23N3O/c1-11(2)15-17-13-10-12(16)6-7-14(13)18(15)8-4-3-5-9-19/h6-7,10-11,19H,3-5,8-9,16H2,1-2H3. The number of aliphatic hydroxyl groups is 1. The summed E-state index contributed by atoms with van der Waals surface area (Å²) in [6.45, 7) is 5.55. The van der Waals surface area contributed by atoms with Crippen LogP contribution in [0.4, 0.5) is 5.69 Å². The Morgan fingerprint density at radius 1 is 1.26 bits per heavy atom. The normalized spacial score (nSPS) is 11.6. The highest BCUT2D eigenvalue weighted by Crippen LogP contribution is 2.24. The van der Waals surface area contributed by atoms with Gasteiger partial charge in [-0.05, 0) is 37.5 Å². The smallest absolute Gasteiger partial charge is 0.112 e. The first-order valence-electron chi connectivity index (χ1n) is 7.00. The first kappa shape index (κ1) is 13.9. The molecule has 2 aromatic rings. The number of hydrogen-bond acceptors (Lipinski definition) is 3. The monoisotopic (exact) mass is 261 g/mol. The minimum absolute atomic E-state index is 0.276. The molecule has 0 amide bonds. The van der Waals surface area contributed by atoms with Crippen molar-refractivity contribution in [3.63, 3.8) is 0 Å². The topological polar surface area (TPSA) is 64.1 Å². The summed E-state index contributed by atoms with van der Waals surface area (Å²) in [4.78, 5) is 4.71. The maximum atomic E-state index is 8.84. The highest BCUT2D eigenvalue weighted by Gasteiger charge is 2.13. The van der Waals surface area contributed by atoms with Gasteiger partial charge in [0, 0.05) is 24.8 Å². The molecule has 0 aliphatic rings. The van der Waals surface area contributed by atoms with Crippen LogP contribution in [-0.4, -0.2) is 21.3 Å². The number of unbranched alkanes of at least 4 members (excludes halogenated alkanes) is 2. The average molecular weight is 261 g/mol. The Labute approximate surface area is 114 Å². The van der Waals surface area contributed by atoms with Crippen LogP contribution in [0.15, 0.2) is 18.2 Å². The van der Waals surface area contributed by atoms with Crippen LogP contribution in [0.25, 0.3) is 11.0 Å². The van der Waals surface area contributed by atoms with Gasteiger partial charge in [0.1, 0.15) is 5.82 Å². The summed E-state index contributed by atoms with van der Waals surface area (Å²) in [7, 11) is 0. The lowest BCUT2D eigenvalue weighted by atomic mass is 10.2. The van der Waals surface area contributed by atoms with Gasteiger partial charge in [0.2, 0.25) is 0 Å². The fourth-order valence-electron chi connectivity index (χ4n) is 2.40. The third-order valence-corrected chi connectivity index (χ3v) is 3.36. The van der Waals surface area contributed by atoms with Crippen molar-refractivity contribution in [3.8, 4) is 0 Å². The Kier molecular flexibility index (Phi) is 4.43. The molecule has 3 N–H and O–H groups in total. The van der Waals surface area contributed by atoms with Gasteiger partial charge in [0.25, 0.3) is 0 Å². The lowest BCUT2D eigenvalue weighted by Gasteiger charge is -2.11. The Bertz CT molecular complexity index is 546. The molecule has 0 saturated heterocycles. The van der Waals surface area contributed by atoms with Gasteiger partial charge in [0.15, 0.2) is 0 Å². The van der Waals surface area contributed by atoms with Crippen LogP contribution < -0.4 is 5.73 Å². The van der Waals surface area contributed by atoms with E-state index in [0.717, 1.165) is 48.4 Å². The molecule has 4 heteroatoms. The first-order valence-corrected chi connectivity index (χ1v) is 7.00. The molecule has 1 aromatic carbocycles. The molecule has 0 spiro atoms. The average Bonchev–Trinajstić information content (AvgIpc) is 2.72. The summed E-state index contributed by atoms with van der Waals surface area (Å²) in [6, 6.07) is 5.92. The molecular weight excluding hydrogens is 238 g/mol. The third-order valence-electron chi connectivity index (χ3n) is 3.36. The second-order valence-corrected chi connectivity index (χ2v) is 5.31. The fraction of sp³-hybridized carbons (Fsp3) is 0.533. The lowest BCUT2D eigenvalue weighted by molar-refractivity contribution is 0.282. The highest BCUT2D eigenvalue weighted by molar-refractivity contribution is 5.79. The summed E-state index contributed by atoms with van der Waals surface area (Å²) in [6.07, 6.45) is 2.98. The highest BCUT2D eigenvalue weighted by atomic mass is 16.2. The molecule has 4 nitrogen and oxygen atoms in total. The van der Waals surface area contributed by atoms with Crippen molar-refractivity contribution in [2.45, 2.75) is 45.6 Å². The number of aromatic nitrogens is 2. The molecule has 1 aromatic heterocycles. The van der Waals surface area contributed by atoms with Crippen LogP contribution in [-0.2, 0) is 6.54 Å². The van der Waals surface area contributed by atoms with Crippen molar-refractivity contribution < 1.29 is 5.11 Å². The van der Waals surface area contributed by atoms with Crippen molar-refractivity contribution in [3.05, 3.63) is 24.0 Å². The van der Waals surface area contributed by atoms with E-state index in [2.05, 4.69) is 24.5 Å². The van der Waals surface area contributed by atoms with Crippen LogP contribution in [0, 0.1) is 0 Å². The Balaban J connectivity index is 2.30. The minimum atomic E-state index is 0.276. The molecule has 0 aliphatic heterocycles. The van der Waals surface area contributed by atoms with Gasteiger partial charge in [-0.1, -0.05) is 13.8 Å². The maximum Gasteiger partial charge on any atom is 0.112 e.